The predicted molar refractivity (Wildman–Crippen MR) is 148 cm³/mol. The Hall–Kier alpha value is -2.84. The van der Waals surface area contributed by atoms with Gasteiger partial charge in [-0.15, -0.1) is 0 Å². The largest absolute Gasteiger partial charge is 0.507 e. The molecule has 6 nitrogen and oxygen atoms in total. The highest BCUT2D eigenvalue weighted by Crippen LogP contribution is 2.56. The van der Waals surface area contributed by atoms with Crippen LogP contribution in [0.25, 0.3) is 0 Å². The molecule has 0 saturated heterocycles. The van der Waals surface area contributed by atoms with Gasteiger partial charge in [-0.25, -0.2) is 9.59 Å². The summed E-state index contributed by atoms with van der Waals surface area (Å²) in [6.07, 6.45) is 2.43. The highest BCUT2D eigenvalue weighted by Gasteiger charge is 2.53. The van der Waals surface area contributed by atoms with Crippen LogP contribution in [0.4, 0.5) is 0 Å². The quantitative estimate of drug-likeness (QED) is 0.242. The van der Waals surface area contributed by atoms with Gasteiger partial charge in [0, 0.05) is 16.7 Å². The van der Waals surface area contributed by atoms with Gasteiger partial charge in [-0.05, 0) is 104 Å². The summed E-state index contributed by atoms with van der Waals surface area (Å²) >= 11 is 7.20. The summed E-state index contributed by atoms with van der Waals surface area (Å²) < 4.78 is 7.12. The van der Waals surface area contributed by atoms with E-state index in [0.29, 0.717) is 51.3 Å². The average Bonchev–Trinajstić information content (AvgIpc) is 3.17. The van der Waals surface area contributed by atoms with E-state index in [2.05, 4.69) is 31.9 Å². The number of phenolic OH excluding ortho intramolecular Hbond substituents is 2. The first-order valence-electron chi connectivity index (χ1n) is 12.3. The fraction of sp³-hybridized carbons (Fsp3) is 0.310. The van der Waals surface area contributed by atoms with Crippen molar-refractivity contribution in [3.05, 3.63) is 89.3 Å². The topological polar surface area (TPSA) is 104 Å². The summed E-state index contributed by atoms with van der Waals surface area (Å²) in [5, 5.41) is 31.6. The minimum Gasteiger partial charge on any atom is -0.507 e. The molecule has 0 amide bonds. The first kappa shape index (κ1) is 27.2. The van der Waals surface area contributed by atoms with Gasteiger partial charge in [-0.2, -0.15) is 0 Å². The van der Waals surface area contributed by atoms with E-state index in [1.165, 1.54) is 12.1 Å². The van der Waals surface area contributed by atoms with Gasteiger partial charge in [0.2, 0.25) is 0 Å². The molecule has 3 N–H and O–H groups in total. The van der Waals surface area contributed by atoms with Crippen LogP contribution in [0.1, 0.15) is 87.4 Å². The molecular weight excluding hydrogens is 604 g/mol. The third kappa shape index (κ3) is 4.05. The van der Waals surface area contributed by atoms with Crippen molar-refractivity contribution in [3.63, 3.8) is 0 Å². The van der Waals surface area contributed by atoms with Crippen molar-refractivity contribution < 1.29 is 29.6 Å². The standard InChI is InChI=1S/C29H28Br2O6/c1-5-14-12-21(32)25(30)23(17(14)7-3)29(24-18(8-4)15(6-2)13-22(33)26(24)31)20-10-9-16(27(34)35)11-19(20)28(36)37-29/h9-13,32-33H,5-8H2,1-4H3,(H,34,35). The number of aromatic hydroxyl groups is 2. The number of carbonyl (C=O) groups excluding carboxylic acids is 1. The Labute approximate surface area is 232 Å². The summed E-state index contributed by atoms with van der Waals surface area (Å²) in [7, 11) is 0. The van der Waals surface area contributed by atoms with Gasteiger partial charge in [-0.1, -0.05) is 33.8 Å². The molecule has 0 radical (unpaired) electrons. The Morgan fingerprint density at radius 2 is 1.32 bits per heavy atom. The van der Waals surface area contributed by atoms with Gasteiger partial charge in [-0.3, -0.25) is 0 Å². The monoisotopic (exact) mass is 630 g/mol. The van der Waals surface area contributed by atoms with E-state index >= 15 is 0 Å². The number of hydrogen-bond donors (Lipinski definition) is 3. The molecular formula is C29H28Br2O6. The van der Waals surface area contributed by atoms with Gasteiger partial charge in [0.15, 0.2) is 5.60 Å². The third-order valence-electron chi connectivity index (χ3n) is 7.17. The van der Waals surface area contributed by atoms with E-state index < -0.39 is 17.5 Å². The lowest BCUT2D eigenvalue weighted by molar-refractivity contribution is 0.0240. The van der Waals surface area contributed by atoms with Crippen LogP contribution in [0.3, 0.4) is 0 Å². The highest BCUT2D eigenvalue weighted by molar-refractivity contribution is 9.11. The van der Waals surface area contributed by atoms with E-state index in [9.17, 15) is 24.9 Å². The lowest BCUT2D eigenvalue weighted by atomic mass is 9.73. The van der Waals surface area contributed by atoms with Crippen LogP contribution in [-0.4, -0.2) is 27.3 Å². The minimum absolute atomic E-state index is 0.000110. The molecule has 0 aromatic heterocycles. The molecule has 1 aliphatic rings. The van der Waals surface area contributed by atoms with Gasteiger partial charge in [0.05, 0.1) is 20.1 Å². The summed E-state index contributed by atoms with van der Waals surface area (Å²) in [5.41, 5.74) is 3.68. The van der Waals surface area contributed by atoms with Crippen LogP contribution in [-0.2, 0) is 36.0 Å². The van der Waals surface area contributed by atoms with Crippen molar-refractivity contribution in [3.8, 4) is 11.5 Å². The molecule has 1 heterocycles. The second kappa shape index (κ2) is 10.1. The second-order valence-corrected chi connectivity index (χ2v) is 10.6. The molecule has 37 heavy (non-hydrogen) atoms. The number of esters is 1. The van der Waals surface area contributed by atoms with Crippen LogP contribution in [0.15, 0.2) is 39.3 Å². The number of fused-ring (bicyclic) bond motifs is 1. The van der Waals surface area contributed by atoms with E-state index in [1.807, 2.05) is 27.7 Å². The van der Waals surface area contributed by atoms with Gasteiger partial charge >= 0.3 is 11.9 Å². The van der Waals surface area contributed by atoms with Gasteiger partial charge < -0.3 is 20.1 Å². The van der Waals surface area contributed by atoms with E-state index in [1.54, 1.807) is 18.2 Å². The number of carbonyl (C=O) groups is 2. The number of benzene rings is 3. The molecule has 0 aliphatic carbocycles. The molecule has 1 aliphatic heterocycles. The Morgan fingerprint density at radius 3 is 1.73 bits per heavy atom. The van der Waals surface area contributed by atoms with Crippen molar-refractivity contribution in [2.75, 3.05) is 0 Å². The van der Waals surface area contributed by atoms with Crippen LogP contribution in [0, 0.1) is 0 Å². The van der Waals surface area contributed by atoms with Crippen LogP contribution < -0.4 is 0 Å². The molecule has 0 unspecified atom stereocenters. The molecule has 0 fully saturated rings. The van der Waals surface area contributed by atoms with Crippen molar-refractivity contribution in [2.24, 2.45) is 0 Å². The van der Waals surface area contributed by atoms with Crippen LogP contribution in [0.2, 0.25) is 0 Å². The van der Waals surface area contributed by atoms with E-state index in [-0.39, 0.29) is 22.6 Å². The van der Waals surface area contributed by atoms with Gasteiger partial charge in [0.25, 0.3) is 0 Å². The molecule has 3 aromatic carbocycles. The maximum absolute atomic E-state index is 13.5. The highest BCUT2D eigenvalue weighted by atomic mass is 79.9. The third-order valence-corrected chi connectivity index (χ3v) is 8.78. The molecule has 0 spiro atoms. The Morgan fingerprint density at radius 1 is 0.838 bits per heavy atom. The fourth-order valence-electron chi connectivity index (χ4n) is 5.54. The summed E-state index contributed by atoms with van der Waals surface area (Å²) in [6.45, 7) is 7.97. The molecule has 3 aromatic rings. The zero-order valence-corrected chi connectivity index (χ0v) is 24.2. The zero-order chi connectivity index (χ0) is 27.2. The second-order valence-electron chi connectivity index (χ2n) is 9.00. The number of carboxylic acids is 1. The number of phenols is 2. The normalized spacial score (nSPS) is 13.9. The first-order valence-corrected chi connectivity index (χ1v) is 13.8. The zero-order valence-electron chi connectivity index (χ0n) is 21.0. The molecule has 8 heteroatoms. The lowest BCUT2D eigenvalue weighted by Gasteiger charge is -2.37. The number of hydrogen-bond acceptors (Lipinski definition) is 5. The SMILES string of the molecule is CCc1cc(O)c(Br)c(C2(c3c(Br)c(O)cc(CC)c3CC)OC(=O)c3cc(C(=O)O)ccc32)c1CC. The molecule has 4 rings (SSSR count). The summed E-state index contributed by atoms with van der Waals surface area (Å²) in [6, 6.07) is 7.80. The van der Waals surface area contributed by atoms with Crippen molar-refractivity contribution >= 4 is 43.8 Å². The maximum Gasteiger partial charge on any atom is 0.340 e. The number of aromatic carboxylic acids is 1. The summed E-state index contributed by atoms with van der Waals surface area (Å²) in [4.78, 5) is 25.3. The average molecular weight is 632 g/mol. The van der Waals surface area contributed by atoms with Crippen molar-refractivity contribution in [1.29, 1.82) is 0 Å². The minimum atomic E-state index is -1.57. The Kier molecular flexibility index (Phi) is 7.45. The van der Waals surface area contributed by atoms with Crippen molar-refractivity contribution in [1.82, 2.24) is 0 Å². The molecule has 0 atom stereocenters. The molecule has 0 saturated carbocycles. The van der Waals surface area contributed by atoms with E-state index in [4.69, 9.17) is 4.74 Å². The van der Waals surface area contributed by atoms with Crippen LogP contribution in [0.5, 0.6) is 11.5 Å². The number of cyclic esters (lactones) is 1. The first-order chi connectivity index (χ1) is 17.6. The number of ether oxygens (including phenoxy) is 1. The smallest absolute Gasteiger partial charge is 0.340 e. The predicted octanol–water partition coefficient (Wildman–Crippen LogP) is 7.03. The van der Waals surface area contributed by atoms with E-state index in [0.717, 1.165) is 22.3 Å². The number of rotatable bonds is 7. The number of halogens is 2. The lowest BCUT2D eigenvalue weighted by Crippen LogP contribution is -2.34. The number of carboxylic acid groups (broad SMARTS) is 1. The Balaban J connectivity index is 2.31. The Bertz CT molecular complexity index is 1380. The molecule has 194 valence electrons. The summed E-state index contributed by atoms with van der Waals surface area (Å²) in [5.74, 6) is -1.83. The maximum atomic E-state index is 13.5. The van der Waals surface area contributed by atoms with Gasteiger partial charge in [0.1, 0.15) is 11.5 Å². The number of aryl methyl sites for hydroxylation is 2. The van der Waals surface area contributed by atoms with Crippen molar-refractivity contribution in [2.45, 2.75) is 59.0 Å². The van der Waals surface area contributed by atoms with Crippen LogP contribution >= 0.6 is 31.9 Å². The molecule has 0 bridgehead atoms. The fourth-order valence-corrected chi connectivity index (χ4v) is 6.81.